The third-order valence-electron chi connectivity index (χ3n) is 3.35. The molecule has 0 bridgehead atoms. The summed E-state index contributed by atoms with van der Waals surface area (Å²) in [7, 11) is 0. The molecule has 1 aliphatic carbocycles. The minimum atomic E-state index is -0.454. The number of hydrogen-bond acceptors (Lipinski definition) is 3. The minimum absolute atomic E-state index is 0.0730. The van der Waals surface area contributed by atoms with Crippen LogP contribution in [0.1, 0.15) is 31.4 Å². The van der Waals surface area contributed by atoms with Gasteiger partial charge in [0, 0.05) is 16.6 Å². The lowest BCUT2D eigenvalue weighted by Gasteiger charge is -2.27. The van der Waals surface area contributed by atoms with E-state index in [-0.39, 0.29) is 11.1 Å². The van der Waals surface area contributed by atoms with Gasteiger partial charge in [0.25, 0.3) is 0 Å². The molecule has 6 heteroatoms. The second-order valence-corrected chi connectivity index (χ2v) is 5.90. The van der Waals surface area contributed by atoms with Gasteiger partial charge in [-0.25, -0.2) is 4.39 Å². The molecule has 1 saturated carbocycles. The topological polar surface area (TPSA) is 47.3 Å². The van der Waals surface area contributed by atoms with Crippen LogP contribution in [0.2, 0.25) is 5.02 Å². The Labute approximate surface area is 125 Å². The molecule has 0 radical (unpaired) electrons. The van der Waals surface area contributed by atoms with Crippen molar-refractivity contribution < 1.29 is 9.13 Å². The van der Waals surface area contributed by atoms with Gasteiger partial charge in [-0.15, -0.1) is 0 Å². The first kappa shape index (κ1) is 15.2. The first-order chi connectivity index (χ1) is 9.10. The van der Waals surface area contributed by atoms with Gasteiger partial charge in [0.2, 0.25) is 0 Å². The summed E-state index contributed by atoms with van der Waals surface area (Å²) in [6.45, 7) is 2.50. The van der Waals surface area contributed by atoms with Gasteiger partial charge in [0.05, 0.1) is 17.2 Å². The van der Waals surface area contributed by atoms with E-state index in [1.165, 1.54) is 0 Å². The fourth-order valence-electron chi connectivity index (χ4n) is 2.26. The Morgan fingerprint density at radius 1 is 1.58 bits per heavy atom. The Morgan fingerprint density at radius 3 is 2.79 bits per heavy atom. The predicted octanol–water partition coefficient (Wildman–Crippen LogP) is 3.56. The third-order valence-corrected chi connectivity index (χ3v) is 4.61. The molecule has 1 fully saturated rings. The number of rotatable bonds is 6. The number of nitrogens with two attached hydrogens (primary N) is 1. The van der Waals surface area contributed by atoms with E-state index in [1.807, 2.05) is 6.92 Å². The van der Waals surface area contributed by atoms with Gasteiger partial charge in [-0.2, -0.15) is 0 Å². The molecule has 2 rings (SSSR count). The zero-order valence-electron chi connectivity index (χ0n) is 10.6. The van der Waals surface area contributed by atoms with Gasteiger partial charge in [-0.1, -0.05) is 17.7 Å². The summed E-state index contributed by atoms with van der Waals surface area (Å²) in [4.78, 5) is 0. The average molecular weight is 352 g/mol. The lowest BCUT2D eigenvalue weighted by atomic mass is 9.98. The number of nitrogens with one attached hydrogen (secondary N) is 1. The molecule has 106 valence electrons. The van der Waals surface area contributed by atoms with E-state index >= 15 is 0 Å². The van der Waals surface area contributed by atoms with Crippen molar-refractivity contribution in [1.29, 1.82) is 0 Å². The molecule has 1 aromatic rings. The van der Waals surface area contributed by atoms with E-state index in [2.05, 4.69) is 21.4 Å². The molecule has 0 heterocycles. The third kappa shape index (κ3) is 3.28. The van der Waals surface area contributed by atoms with E-state index in [9.17, 15) is 4.39 Å². The van der Waals surface area contributed by atoms with Crippen molar-refractivity contribution in [1.82, 2.24) is 5.43 Å². The van der Waals surface area contributed by atoms with Crippen LogP contribution in [0.4, 0.5) is 4.39 Å². The van der Waals surface area contributed by atoms with Gasteiger partial charge < -0.3 is 4.74 Å². The second-order valence-electron chi connectivity index (χ2n) is 4.67. The van der Waals surface area contributed by atoms with Crippen molar-refractivity contribution >= 4 is 27.5 Å². The number of halogens is 3. The highest BCUT2D eigenvalue weighted by Gasteiger charge is 2.38. The van der Waals surface area contributed by atoms with Gasteiger partial charge in [0.1, 0.15) is 5.82 Å². The largest absolute Gasteiger partial charge is 0.376 e. The van der Waals surface area contributed by atoms with Gasteiger partial charge in [-0.05, 0) is 47.7 Å². The quantitative estimate of drug-likeness (QED) is 0.468. The Hall–Kier alpha value is -0.200. The summed E-state index contributed by atoms with van der Waals surface area (Å²) >= 11 is 9.13. The molecule has 2 atom stereocenters. The number of ether oxygens (including phenoxy) is 1. The van der Waals surface area contributed by atoms with Crippen molar-refractivity contribution in [2.45, 2.75) is 31.9 Å². The smallest absolute Gasteiger partial charge is 0.147 e. The van der Waals surface area contributed by atoms with E-state index in [1.54, 1.807) is 12.1 Å². The van der Waals surface area contributed by atoms with Gasteiger partial charge in [0.15, 0.2) is 0 Å². The van der Waals surface area contributed by atoms with Crippen LogP contribution in [0.15, 0.2) is 16.6 Å². The van der Waals surface area contributed by atoms with Crippen molar-refractivity contribution in [2.24, 2.45) is 11.8 Å². The van der Waals surface area contributed by atoms with Gasteiger partial charge >= 0.3 is 0 Å². The number of benzene rings is 1. The Kier molecular flexibility index (Phi) is 5.20. The van der Waals surface area contributed by atoms with Crippen LogP contribution >= 0.6 is 27.5 Å². The fraction of sp³-hybridized carbons (Fsp3) is 0.538. The first-order valence-electron chi connectivity index (χ1n) is 6.31. The van der Waals surface area contributed by atoms with E-state index < -0.39 is 11.9 Å². The monoisotopic (exact) mass is 350 g/mol. The molecule has 19 heavy (non-hydrogen) atoms. The molecule has 2 unspecified atom stereocenters. The molecule has 3 N–H and O–H groups in total. The number of hydrazine groups is 1. The Balaban J connectivity index is 2.32. The molecular formula is C13H17BrClFN2O. The Bertz CT molecular complexity index is 457. The molecule has 0 aromatic heterocycles. The molecule has 3 nitrogen and oxygen atoms in total. The van der Waals surface area contributed by atoms with Crippen LogP contribution in [0.25, 0.3) is 0 Å². The van der Waals surface area contributed by atoms with Crippen LogP contribution in [-0.2, 0) is 4.74 Å². The first-order valence-corrected chi connectivity index (χ1v) is 7.48. The highest BCUT2D eigenvalue weighted by Crippen LogP contribution is 2.41. The zero-order chi connectivity index (χ0) is 14.0. The van der Waals surface area contributed by atoms with Crippen LogP contribution in [0, 0.1) is 11.7 Å². The highest BCUT2D eigenvalue weighted by molar-refractivity contribution is 9.10. The fourth-order valence-corrected chi connectivity index (χ4v) is 2.74. The highest BCUT2D eigenvalue weighted by atomic mass is 79.9. The predicted molar refractivity (Wildman–Crippen MR) is 77.3 cm³/mol. The maximum absolute atomic E-state index is 14.3. The average Bonchev–Trinajstić information content (AvgIpc) is 3.22. The normalized spacial score (nSPS) is 18.4. The summed E-state index contributed by atoms with van der Waals surface area (Å²) in [5.41, 5.74) is 3.12. The maximum atomic E-state index is 14.3. The summed E-state index contributed by atoms with van der Waals surface area (Å²) in [5, 5.41) is 0.0730. The minimum Gasteiger partial charge on any atom is -0.376 e. The standard InChI is InChI=1S/C13H17BrClFN2O/c1-2-19-13(7-3-4-7)12(18-17)8-5-6-9(14)10(15)11(8)16/h5-7,12-13,18H,2-4,17H2,1H3. The summed E-state index contributed by atoms with van der Waals surface area (Å²) in [6.07, 6.45) is 2.06. The van der Waals surface area contributed by atoms with Crippen LogP contribution < -0.4 is 11.3 Å². The van der Waals surface area contributed by atoms with E-state index in [0.717, 1.165) is 12.8 Å². The zero-order valence-corrected chi connectivity index (χ0v) is 13.0. The molecule has 1 aromatic carbocycles. The van der Waals surface area contributed by atoms with Gasteiger partial charge in [-0.3, -0.25) is 11.3 Å². The lowest BCUT2D eigenvalue weighted by molar-refractivity contribution is 0.0177. The molecular weight excluding hydrogens is 335 g/mol. The van der Waals surface area contributed by atoms with Crippen molar-refractivity contribution in [2.75, 3.05) is 6.61 Å². The molecule has 0 aliphatic heterocycles. The molecule has 0 spiro atoms. The Morgan fingerprint density at radius 2 is 2.26 bits per heavy atom. The lowest BCUT2D eigenvalue weighted by Crippen LogP contribution is -2.39. The molecule has 0 saturated heterocycles. The van der Waals surface area contributed by atoms with Crippen LogP contribution in [0.5, 0.6) is 0 Å². The maximum Gasteiger partial charge on any atom is 0.147 e. The van der Waals surface area contributed by atoms with Crippen LogP contribution in [0.3, 0.4) is 0 Å². The van der Waals surface area contributed by atoms with Crippen molar-refractivity contribution in [3.63, 3.8) is 0 Å². The van der Waals surface area contributed by atoms with Crippen molar-refractivity contribution in [3.05, 3.63) is 33.0 Å². The number of hydrogen-bond donors (Lipinski definition) is 2. The van der Waals surface area contributed by atoms with Crippen LogP contribution in [-0.4, -0.2) is 12.7 Å². The van der Waals surface area contributed by atoms with Crippen molar-refractivity contribution in [3.8, 4) is 0 Å². The molecule has 0 amide bonds. The molecule has 1 aliphatic rings. The van der Waals surface area contributed by atoms with E-state index in [0.29, 0.717) is 22.6 Å². The summed E-state index contributed by atoms with van der Waals surface area (Å²) in [6, 6.07) is 3.02. The summed E-state index contributed by atoms with van der Waals surface area (Å²) < 4.78 is 20.5. The summed E-state index contributed by atoms with van der Waals surface area (Å²) in [5.74, 6) is 5.59. The van der Waals surface area contributed by atoms with E-state index in [4.69, 9.17) is 22.2 Å². The second kappa shape index (κ2) is 6.50. The SMILES string of the molecule is CCOC(C1CC1)C(NN)c1ccc(Br)c(Cl)c1F.